The maximum absolute atomic E-state index is 12.9. The van der Waals surface area contributed by atoms with Gasteiger partial charge >= 0.3 is 0 Å². The molecule has 0 saturated carbocycles. The standard InChI is InChI=1S/C23H23N5O4/c1-32-21-11-9-18(28(30)31)14-20(21)24-23(29)17-8-5-13-27(15-17)22-12-10-19(25-26-22)16-6-3-2-4-7-16/h2-4,6-7,9-12,14,17H,5,8,13,15H2,1H3,(H,24,29). The number of amides is 1. The highest BCUT2D eigenvalue weighted by molar-refractivity contribution is 5.94. The van der Waals surface area contributed by atoms with Crippen molar-refractivity contribution in [2.75, 3.05) is 30.4 Å². The molecular formula is C23H23N5O4. The van der Waals surface area contributed by atoms with E-state index in [1.807, 2.05) is 47.4 Å². The second-order valence-electron chi connectivity index (χ2n) is 7.56. The third kappa shape index (κ3) is 4.66. The van der Waals surface area contributed by atoms with Gasteiger partial charge in [-0.05, 0) is 31.0 Å². The Bertz CT molecular complexity index is 1110. The van der Waals surface area contributed by atoms with E-state index in [0.29, 0.717) is 12.3 Å². The number of rotatable bonds is 6. The monoisotopic (exact) mass is 433 g/mol. The Morgan fingerprint density at radius 3 is 2.66 bits per heavy atom. The largest absolute Gasteiger partial charge is 0.495 e. The molecule has 9 heteroatoms. The van der Waals surface area contributed by atoms with E-state index in [4.69, 9.17) is 4.74 Å². The molecule has 3 aromatic rings. The lowest BCUT2D eigenvalue weighted by molar-refractivity contribution is -0.384. The second kappa shape index (κ2) is 9.42. The number of nitro groups is 1. The van der Waals surface area contributed by atoms with Gasteiger partial charge in [0.1, 0.15) is 5.75 Å². The van der Waals surface area contributed by atoms with Crippen molar-refractivity contribution >= 4 is 23.1 Å². The number of carbonyl (C=O) groups excluding carboxylic acids is 1. The van der Waals surface area contributed by atoms with Gasteiger partial charge in [-0.2, -0.15) is 0 Å². The molecule has 32 heavy (non-hydrogen) atoms. The van der Waals surface area contributed by atoms with Crippen molar-refractivity contribution in [2.24, 2.45) is 5.92 Å². The van der Waals surface area contributed by atoms with Gasteiger partial charge in [0.2, 0.25) is 5.91 Å². The van der Waals surface area contributed by atoms with Gasteiger partial charge in [0.15, 0.2) is 5.82 Å². The number of benzene rings is 2. The van der Waals surface area contributed by atoms with Crippen molar-refractivity contribution in [2.45, 2.75) is 12.8 Å². The minimum absolute atomic E-state index is 0.111. The van der Waals surface area contributed by atoms with Crippen molar-refractivity contribution in [3.63, 3.8) is 0 Å². The predicted octanol–water partition coefficient (Wildman–Crippen LogP) is 3.92. The number of piperidine rings is 1. The average molecular weight is 433 g/mol. The molecule has 1 aromatic heterocycles. The van der Waals surface area contributed by atoms with Crippen molar-refractivity contribution in [3.05, 3.63) is 70.8 Å². The van der Waals surface area contributed by atoms with Crippen molar-refractivity contribution in [1.82, 2.24) is 10.2 Å². The molecule has 1 unspecified atom stereocenters. The Hall–Kier alpha value is -4.01. The molecule has 0 aliphatic carbocycles. The molecule has 4 rings (SSSR count). The number of methoxy groups -OCH3 is 1. The van der Waals surface area contributed by atoms with Crippen LogP contribution in [0.5, 0.6) is 5.75 Å². The SMILES string of the molecule is COc1ccc([N+](=O)[O-])cc1NC(=O)C1CCCN(c2ccc(-c3ccccc3)nn2)C1. The second-order valence-corrected chi connectivity index (χ2v) is 7.56. The van der Waals surface area contributed by atoms with E-state index in [-0.39, 0.29) is 23.2 Å². The van der Waals surface area contributed by atoms with Gasteiger partial charge in [0.05, 0.1) is 29.3 Å². The number of non-ortho nitro benzene ring substituents is 1. The van der Waals surface area contributed by atoms with Crippen molar-refractivity contribution in [1.29, 1.82) is 0 Å². The molecule has 0 bridgehead atoms. The summed E-state index contributed by atoms with van der Waals surface area (Å²) >= 11 is 0. The van der Waals surface area contributed by atoms with E-state index in [2.05, 4.69) is 15.5 Å². The first-order valence-electron chi connectivity index (χ1n) is 10.3. The minimum atomic E-state index is -0.505. The van der Waals surface area contributed by atoms with Crippen LogP contribution in [0, 0.1) is 16.0 Å². The Morgan fingerprint density at radius 1 is 1.16 bits per heavy atom. The van der Waals surface area contributed by atoms with Crippen LogP contribution in [0.25, 0.3) is 11.3 Å². The van der Waals surface area contributed by atoms with E-state index in [1.54, 1.807) is 0 Å². The molecule has 1 atom stereocenters. The zero-order valence-electron chi connectivity index (χ0n) is 17.6. The van der Waals surface area contributed by atoms with E-state index in [9.17, 15) is 14.9 Å². The number of aromatic nitrogens is 2. The molecule has 164 valence electrons. The summed E-state index contributed by atoms with van der Waals surface area (Å²) in [5, 5.41) is 22.6. The minimum Gasteiger partial charge on any atom is -0.495 e. The smallest absolute Gasteiger partial charge is 0.271 e. The number of carbonyl (C=O) groups is 1. The molecule has 2 aromatic carbocycles. The topological polar surface area (TPSA) is 110 Å². The summed E-state index contributed by atoms with van der Waals surface area (Å²) in [5.41, 5.74) is 1.96. The van der Waals surface area contributed by atoms with Gasteiger partial charge < -0.3 is 15.0 Å². The molecule has 1 saturated heterocycles. The highest BCUT2D eigenvalue weighted by Gasteiger charge is 2.28. The summed E-state index contributed by atoms with van der Waals surface area (Å²) in [5.74, 6) is 0.597. The molecule has 2 heterocycles. The summed E-state index contributed by atoms with van der Waals surface area (Å²) in [6.07, 6.45) is 1.54. The normalized spacial score (nSPS) is 15.8. The van der Waals surface area contributed by atoms with Crippen LogP contribution in [-0.4, -0.2) is 41.2 Å². The van der Waals surface area contributed by atoms with Crippen LogP contribution >= 0.6 is 0 Å². The molecule has 1 aliphatic heterocycles. The zero-order chi connectivity index (χ0) is 22.5. The first-order valence-corrected chi connectivity index (χ1v) is 10.3. The number of nitrogens with zero attached hydrogens (tertiary/aromatic N) is 4. The highest BCUT2D eigenvalue weighted by atomic mass is 16.6. The van der Waals surface area contributed by atoms with Gasteiger partial charge in [-0.3, -0.25) is 14.9 Å². The molecular weight excluding hydrogens is 410 g/mol. The molecule has 1 N–H and O–H groups in total. The molecule has 1 fully saturated rings. The number of nitrogens with one attached hydrogen (secondary N) is 1. The first kappa shape index (κ1) is 21.2. The molecule has 1 amide bonds. The van der Waals surface area contributed by atoms with Gasteiger partial charge in [0.25, 0.3) is 5.69 Å². The Morgan fingerprint density at radius 2 is 1.97 bits per heavy atom. The fourth-order valence-electron chi connectivity index (χ4n) is 3.80. The van der Waals surface area contributed by atoms with Crippen molar-refractivity contribution in [3.8, 4) is 17.0 Å². The lowest BCUT2D eigenvalue weighted by atomic mass is 9.97. The third-order valence-corrected chi connectivity index (χ3v) is 5.49. The van der Waals surface area contributed by atoms with E-state index in [1.165, 1.54) is 25.3 Å². The van der Waals surface area contributed by atoms with Crippen molar-refractivity contribution < 1.29 is 14.5 Å². The Labute approximate surface area is 185 Å². The number of anilines is 2. The van der Waals surface area contributed by atoms with Crippen LogP contribution in [0.1, 0.15) is 12.8 Å². The highest BCUT2D eigenvalue weighted by Crippen LogP contribution is 2.30. The predicted molar refractivity (Wildman–Crippen MR) is 121 cm³/mol. The number of ether oxygens (including phenoxy) is 1. The van der Waals surface area contributed by atoms with Gasteiger partial charge in [-0.15, -0.1) is 10.2 Å². The van der Waals surface area contributed by atoms with Crippen LogP contribution < -0.4 is 15.0 Å². The molecule has 0 spiro atoms. The lowest BCUT2D eigenvalue weighted by Crippen LogP contribution is -2.41. The first-order chi connectivity index (χ1) is 15.5. The average Bonchev–Trinajstić information content (AvgIpc) is 2.84. The van der Waals surface area contributed by atoms with E-state index >= 15 is 0 Å². The molecule has 1 aliphatic rings. The van der Waals surface area contributed by atoms with Gasteiger partial charge in [0, 0.05) is 30.8 Å². The van der Waals surface area contributed by atoms with Gasteiger partial charge in [-0.1, -0.05) is 30.3 Å². The summed E-state index contributed by atoms with van der Waals surface area (Å²) in [7, 11) is 1.46. The van der Waals surface area contributed by atoms with Crippen LogP contribution in [0.15, 0.2) is 60.7 Å². The maximum atomic E-state index is 12.9. The van der Waals surface area contributed by atoms with Crippen LogP contribution in [0.2, 0.25) is 0 Å². The van der Waals surface area contributed by atoms with E-state index < -0.39 is 4.92 Å². The molecule has 9 nitrogen and oxygen atoms in total. The number of nitro benzene ring substituents is 1. The van der Waals surface area contributed by atoms with Gasteiger partial charge in [-0.25, -0.2) is 0 Å². The fraction of sp³-hybridized carbons (Fsp3) is 0.261. The number of hydrogen-bond acceptors (Lipinski definition) is 7. The van der Waals surface area contributed by atoms with Crippen LogP contribution in [-0.2, 0) is 4.79 Å². The summed E-state index contributed by atoms with van der Waals surface area (Å²) < 4.78 is 5.24. The quantitative estimate of drug-likeness (QED) is 0.463. The summed E-state index contributed by atoms with van der Waals surface area (Å²) in [6.45, 7) is 1.27. The lowest BCUT2D eigenvalue weighted by Gasteiger charge is -2.32. The zero-order valence-corrected chi connectivity index (χ0v) is 17.6. The fourth-order valence-corrected chi connectivity index (χ4v) is 3.80. The summed E-state index contributed by atoms with van der Waals surface area (Å²) in [4.78, 5) is 25.6. The summed E-state index contributed by atoms with van der Waals surface area (Å²) in [6, 6.07) is 17.8. The molecule has 0 radical (unpaired) electrons. The van der Waals surface area contributed by atoms with Crippen LogP contribution in [0.4, 0.5) is 17.2 Å². The Balaban J connectivity index is 1.45. The Kier molecular flexibility index (Phi) is 6.25. The van der Waals surface area contributed by atoms with Crippen LogP contribution in [0.3, 0.4) is 0 Å². The van der Waals surface area contributed by atoms with E-state index in [0.717, 1.165) is 36.5 Å². The number of hydrogen-bond donors (Lipinski definition) is 1. The third-order valence-electron chi connectivity index (χ3n) is 5.49. The maximum Gasteiger partial charge on any atom is 0.271 e.